The summed E-state index contributed by atoms with van der Waals surface area (Å²) < 4.78 is 5.26. The van der Waals surface area contributed by atoms with E-state index in [1.54, 1.807) is 37.3 Å². The molecule has 1 atom stereocenters. The topological polar surface area (TPSA) is 105 Å². The van der Waals surface area contributed by atoms with E-state index in [2.05, 4.69) is 10.6 Å². The standard InChI is InChI=1S/C17H22N2O5/c1-12(18-16(23)13-5-3-2-4-6-13)15(22)19-17(11-14(20)21)7-9-24-10-8-17/h2-6,12H,7-11H2,1H3,(H,18,23)(H,19,22)(H,20,21)/t12-/m1/s1. The van der Waals surface area contributed by atoms with Gasteiger partial charge in [0.1, 0.15) is 6.04 Å². The molecule has 24 heavy (non-hydrogen) atoms. The fourth-order valence-corrected chi connectivity index (χ4v) is 2.70. The Bertz CT molecular complexity index is 596. The van der Waals surface area contributed by atoms with Crippen LogP contribution >= 0.6 is 0 Å². The molecule has 1 saturated heterocycles. The maximum absolute atomic E-state index is 12.4. The summed E-state index contributed by atoms with van der Waals surface area (Å²) in [6.07, 6.45) is 0.705. The molecule has 0 spiro atoms. The summed E-state index contributed by atoms with van der Waals surface area (Å²) in [6.45, 7) is 2.38. The molecule has 1 aromatic rings. The minimum Gasteiger partial charge on any atom is -0.481 e. The van der Waals surface area contributed by atoms with E-state index in [0.717, 1.165) is 0 Å². The Kier molecular flexibility index (Phi) is 5.92. The fraction of sp³-hybridized carbons (Fsp3) is 0.471. The van der Waals surface area contributed by atoms with Crippen molar-refractivity contribution >= 4 is 17.8 Å². The van der Waals surface area contributed by atoms with Crippen LogP contribution in [0.4, 0.5) is 0 Å². The van der Waals surface area contributed by atoms with Crippen molar-refractivity contribution in [3.8, 4) is 0 Å². The van der Waals surface area contributed by atoms with Crippen molar-refractivity contribution in [3.63, 3.8) is 0 Å². The monoisotopic (exact) mass is 334 g/mol. The van der Waals surface area contributed by atoms with Gasteiger partial charge in [0.2, 0.25) is 5.91 Å². The van der Waals surface area contributed by atoms with Crippen LogP contribution in [0.3, 0.4) is 0 Å². The van der Waals surface area contributed by atoms with E-state index < -0.39 is 23.5 Å². The summed E-state index contributed by atoms with van der Waals surface area (Å²) in [5.74, 6) is -1.72. The van der Waals surface area contributed by atoms with Crippen LogP contribution < -0.4 is 10.6 Å². The number of carbonyl (C=O) groups excluding carboxylic acids is 2. The Hall–Kier alpha value is -2.41. The molecular formula is C17H22N2O5. The first-order valence-corrected chi connectivity index (χ1v) is 7.89. The average Bonchev–Trinajstić information content (AvgIpc) is 2.55. The SMILES string of the molecule is C[C@@H](NC(=O)c1ccccc1)C(=O)NC1(CC(=O)O)CCOCC1. The normalized spacial score (nSPS) is 17.5. The Morgan fingerprint density at radius 2 is 1.83 bits per heavy atom. The van der Waals surface area contributed by atoms with E-state index in [-0.39, 0.29) is 12.3 Å². The van der Waals surface area contributed by atoms with Gasteiger partial charge in [0.05, 0.1) is 12.0 Å². The molecule has 2 rings (SSSR count). The first-order valence-electron chi connectivity index (χ1n) is 7.89. The van der Waals surface area contributed by atoms with Crippen molar-refractivity contribution in [1.29, 1.82) is 0 Å². The molecule has 0 bridgehead atoms. The summed E-state index contributed by atoms with van der Waals surface area (Å²) >= 11 is 0. The predicted molar refractivity (Wildman–Crippen MR) is 86.5 cm³/mol. The molecule has 1 heterocycles. The molecule has 0 aromatic heterocycles. The lowest BCUT2D eigenvalue weighted by atomic mass is 9.86. The van der Waals surface area contributed by atoms with Crippen molar-refractivity contribution in [2.24, 2.45) is 0 Å². The summed E-state index contributed by atoms with van der Waals surface area (Å²) in [4.78, 5) is 35.6. The number of carboxylic acids is 1. The Morgan fingerprint density at radius 1 is 1.21 bits per heavy atom. The lowest BCUT2D eigenvalue weighted by molar-refractivity contribution is -0.140. The van der Waals surface area contributed by atoms with Gasteiger partial charge < -0.3 is 20.5 Å². The lowest BCUT2D eigenvalue weighted by Crippen LogP contribution is -2.57. The van der Waals surface area contributed by atoms with Crippen molar-refractivity contribution in [1.82, 2.24) is 10.6 Å². The highest BCUT2D eigenvalue weighted by Crippen LogP contribution is 2.24. The summed E-state index contributed by atoms with van der Waals surface area (Å²) in [6, 6.07) is 7.82. The van der Waals surface area contributed by atoms with Gasteiger partial charge in [-0.2, -0.15) is 0 Å². The summed E-state index contributed by atoms with van der Waals surface area (Å²) in [5.41, 5.74) is -0.365. The number of nitrogens with one attached hydrogen (secondary N) is 2. The molecular weight excluding hydrogens is 312 g/mol. The highest BCUT2D eigenvalue weighted by atomic mass is 16.5. The van der Waals surface area contributed by atoms with Crippen molar-refractivity contribution < 1.29 is 24.2 Å². The van der Waals surface area contributed by atoms with Crippen LogP contribution in [0.5, 0.6) is 0 Å². The van der Waals surface area contributed by atoms with E-state index >= 15 is 0 Å². The van der Waals surface area contributed by atoms with E-state index in [9.17, 15) is 14.4 Å². The zero-order valence-electron chi connectivity index (χ0n) is 13.6. The third-order valence-electron chi connectivity index (χ3n) is 4.10. The van der Waals surface area contributed by atoms with Crippen LogP contribution in [0.25, 0.3) is 0 Å². The highest BCUT2D eigenvalue weighted by Gasteiger charge is 2.37. The van der Waals surface area contributed by atoms with E-state index in [1.807, 2.05) is 0 Å². The third kappa shape index (κ3) is 4.79. The first kappa shape index (κ1) is 17.9. The van der Waals surface area contributed by atoms with Gasteiger partial charge in [0, 0.05) is 18.8 Å². The predicted octanol–water partition coefficient (Wildman–Crippen LogP) is 0.945. The zero-order chi connectivity index (χ0) is 17.6. The molecule has 130 valence electrons. The van der Waals surface area contributed by atoms with E-state index in [4.69, 9.17) is 9.84 Å². The first-order chi connectivity index (χ1) is 11.4. The molecule has 0 unspecified atom stereocenters. The smallest absolute Gasteiger partial charge is 0.305 e. The fourth-order valence-electron chi connectivity index (χ4n) is 2.70. The highest BCUT2D eigenvalue weighted by molar-refractivity contribution is 5.97. The molecule has 1 aliphatic heterocycles. The largest absolute Gasteiger partial charge is 0.481 e. The van der Waals surface area contributed by atoms with Crippen LogP contribution in [0.2, 0.25) is 0 Å². The van der Waals surface area contributed by atoms with Crippen LogP contribution in [0.1, 0.15) is 36.5 Å². The maximum Gasteiger partial charge on any atom is 0.305 e. The number of benzene rings is 1. The third-order valence-corrected chi connectivity index (χ3v) is 4.10. The second-order valence-electron chi connectivity index (χ2n) is 6.01. The number of hydrogen-bond acceptors (Lipinski definition) is 4. The number of carboxylic acid groups (broad SMARTS) is 1. The van der Waals surface area contributed by atoms with Crippen molar-refractivity contribution in [3.05, 3.63) is 35.9 Å². The van der Waals surface area contributed by atoms with Gasteiger partial charge in [-0.25, -0.2) is 0 Å². The Morgan fingerprint density at radius 3 is 2.42 bits per heavy atom. The number of carbonyl (C=O) groups is 3. The number of amides is 2. The van der Waals surface area contributed by atoms with Gasteiger partial charge in [-0.1, -0.05) is 18.2 Å². The van der Waals surface area contributed by atoms with Gasteiger partial charge in [0.15, 0.2) is 0 Å². The molecule has 2 amide bonds. The van der Waals surface area contributed by atoms with E-state index in [1.165, 1.54) is 0 Å². The lowest BCUT2D eigenvalue weighted by Gasteiger charge is -2.37. The zero-order valence-corrected chi connectivity index (χ0v) is 13.6. The molecule has 0 aliphatic carbocycles. The van der Waals surface area contributed by atoms with E-state index in [0.29, 0.717) is 31.6 Å². The quantitative estimate of drug-likeness (QED) is 0.718. The molecule has 3 N–H and O–H groups in total. The van der Waals surface area contributed by atoms with Crippen LogP contribution in [-0.2, 0) is 14.3 Å². The molecule has 7 nitrogen and oxygen atoms in total. The number of ether oxygens (including phenoxy) is 1. The Labute approximate surface area is 140 Å². The molecule has 1 aliphatic rings. The second-order valence-corrected chi connectivity index (χ2v) is 6.01. The molecule has 1 aromatic carbocycles. The van der Waals surface area contributed by atoms with Gasteiger partial charge in [-0.3, -0.25) is 14.4 Å². The van der Waals surface area contributed by atoms with Crippen LogP contribution in [0.15, 0.2) is 30.3 Å². The molecule has 0 radical (unpaired) electrons. The van der Waals surface area contributed by atoms with Crippen molar-refractivity contribution in [2.45, 2.75) is 37.8 Å². The van der Waals surface area contributed by atoms with Gasteiger partial charge in [0.25, 0.3) is 5.91 Å². The molecule has 0 saturated carbocycles. The van der Waals surface area contributed by atoms with Gasteiger partial charge in [-0.05, 0) is 31.9 Å². The van der Waals surface area contributed by atoms with Crippen LogP contribution in [-0.4, -0.2) is 47.7 Å². The summed E-state index contributed by atoms with van der Waals surface area (Å²) in [5, 5.41) is 14.5. The van der Waals surface area contributed by atoms with Gasteiger partial charge in [-0.15, -0.1) is 0 Å². The number of aliphatic carboxylic acids is 1. The Balaban J connectivity index is 1.98. The summed E-state index contributed by atoms with van der Waals surface area (Å²) in [7, 11) is 0. The maximum atomic E-state index is 12.4. The van der Waals surface area contributed by atoms with Gasteiger partial charge >= 0.3 is 5.97 Å². The second kappa shape index (κ2) is 7.92. The van der Waals surface area contributed by atoms with Crippen molar-refractivity contribution in [2.75, 3.05) is 13.2 Å². The average molecular weight is 334 g/mol. The number of hydrogen-bond donors (Lipinski definition) is 3. The number of rotatable bonds is 6. The van der Waals surface area contributed by atoms with Crippen LogP contribution in [0, 0.1) is 0 Å². The molecule has 7 heteroatoms. The minimum absolute atomic E-state index is 0.165. The minimum atomic E-state index is -0.974. The molecule has 1 fully saturated rings.